The Kier molecular flexibility index (Phi) is 5.62. The van der Waals surface area contributed by atoms with Gasteiger partial charge in [-0.2, -0.15) is 0 Å². The molecule has 1 aromatic rings. The Morgan fingerprint density at radius 1 is 1.17 bits per heavy atom. The molecule has 1 aromatic carbocycles. The molecule has 0 fully saturated rings. The SMILES string of the molecule is CCCS(=O)(=O)NCCOc1cc(C)cc(C)c1. The van der Waals surface area contributed by atoms with E-state index in [4.69, 9.17) is 4.74 Å². The van der Waals surface area contributed by atoms with Gasteiger partial charge in [0, 0.05) is 6.54 Å². The lowest BCUT2D eigenvalue weighted by atomic mass is 10.1. The molecule has 102 valence electrons. The van der Waals surface area contributed by atoms with Crippen molar-refractivity contribution in [1.82, 2.24) is 4.72 Å². The van der Waals surface area contributed by atoms with Crippen molar-refractivity contribution in [2.75, 3.05) is 18.9 Å². The van der Waals surface area contributed by atoms with Crippen LogP contribution in [0.5, 0.6) is 5.75 Å². The molecule has 0 aliphatic heterocycles. The van der Waals surface area contributed by atoms with E-state index < -0.39 is 10.0 Å². The summed E-state index contributed by atoms with van der Waals surface area (Å²) < 4.78 is 30.8. The molecule has 0 saturated carbocycles. The second-order valence-corrected chi connectivity index (χ2v) is 6.31. The Bertz CT molecular complexity index is 463. The first-order valence-corrected chi connectivity index (χ1v) is 7.76. The zero-order valence-corrected chi connectivity index (χ0v) is 12.0. The molecule has 0 unspecified atom stereocenters. The monoisotopic (exact) mass is 271 g/mol. The number of rotatable bonds is 7. The van der Waals surface area contributed by atoms with E-state index in [0.29, 0.717) is 19.6 Å². The van der Waals surface area contributed by atoms with Crippen LogP contribution in [0.15, 0.2) is 18.2 Å². The summed E-state index contributed by atoms with van der Waals surface area (Å²) >= 11 is 0. The van der Waals surface area contributed by atoms with Crippen molar-refractivity contribution >= 4 is 10.0 Å². The molecule has 0 aromatic heterocycles. The van der Waals surface area contributed by atoms with Crippen LogP contribution in [0.25, 0.3) is 0 Å². The summed E-state index contributed by atoms with van der Waals surface area (Å²) in [7, 11) is -3.13. The van der Waals surface area contributed by atoms with E-state index >= 15 is 0 Å². The van der Waals surface area contributed by atoms with Crippen LogP contribution >= 0.6 is 0 Å². The molecule has 0 heterocycles. The number of nitrogens with one attached hydrogen (secondary N) is 1. The molecule has 0 spiro atoms. The molecular weight excluding hydrogens is 250 g/mol. The van der Waals surface area contributed by atoms with E-state index in [-0.39, 0.29) is 5.75 Å². The van der Waals surface area contributed by atoms with Gasteiger partial charge in [0.1, 0.15) is 12.4 Å². The highest BCUT2D eigenvalue weighted by molar-refractivity contribution is 7.89. The van der Waals surface area contributed by atoms with Gasteiger partial charge < -0.3 is 4.74 Å². The summed E-state index contributed by atoms with van der Waals surface area (Å²) in [4.78, 5) is 0. The summed E-state index contributed by atoms with van der Waals surface area (Å²) in [5.74, 6) is 0.943. The van der Waals surface area contributed by atoms with Crippen LogP contribution in [0.4, 0.5) is 0 Å². The lowest BCUT2D eigenvalue weighted by molar-refractivity contribution is 0.322. The van der Waals surface area contributed by atoms with Crippen molar-refractivity contribution in [3.8, 4) is 5.75 Å². The Morgan fingerprint density at radius 3 is 2.33 bits per heavy atom. The highest BCUT2D eigenvalue weighted by Crippen LogP contribution is 2.15. The first-order chi connectivity index (χ1) is 8.43. The fourth-order valence-corrected chi connectivity index (χ4v) is 2.80. The van der Waals surface area contributed by atoms with Crippen LogP contribution in [-0.2, 0) is 10.0 Å². The Labute approximate surface area is 109 Å². The maximum atomic E-state index is 11.4. The fourth-order valence-electron chi connectivity index (χ4n) is 1.72. The van der Waals surface area contributed by atoms with E-state index in [2.05, 4.69) is 10.8 Å². The van der Waals surface area contributed by atoms with E-state index in [1.807, 2.05) is 32.9 Å². The van der Waals surface area contributed by atoms with Crippen molar-refractivity contribution in [3.63, 3.8) is 0 Å². The molecule has 0 aliphatic rings. The van der Waals surface area contributed by atoms with Gasteiger partial charge in [-0.05, 0) is 43.5 Å². The van der Waals surface area contributed by atoms with Crippen LogP contribution < -0.4 is 9.46 Å². The second kappa shape index (κ2) is 6.75. The van der Waals surface area contributed by atoms with Crippen LogP contribution in [-0.4, -0.2) is 27.3 Å². The van der Waals surface area contributed by atoms with E-state index in [1.54, 1.807) is 0 Å². The quantitative estimate of drug-likeness (QED) is 0.772. The number of hydrogen-bond acceptors (Lipinski definition) is 3. The minimum Gasteiger partial charge on any atom is -0.492 e. The van der Waals surface area contributed by atoms with Crippen molar-refractivity contribution < 1.29 is 13.2 Å². The number of ether oxygens (including phenoxy) is 1. The van der Waals surface area contributed by atoms with Gasteiger partial charge in [-0.25, -0.2) is 13.1 Å². The zero-order chi connectivity index (χ0) is 13.6. The molecular formula is C13H21NO3S. The minimum atomic E-state index is -3.13. The van der Waals surface area contributed by atoms with Crippen LogP contribution in [0.3, 0.4) is 0 Å². The predicted octanol–water partition coefficient (Wildman–Crippen LogP) is 2.01. The minimum absolute atomic E-state index is 0.163. The fraction of sp³-hybridized carbons (Fsp3) is 0.538. The summed E-state index contributed by atoms with van der Waals surface area (Å²) in [6.07, 6.45) is 0.618. The zero-order valence-electron chi connectivity index (χ0n) is 11.2. The van der Waals surface area contributed by atoms with Crippen LogP contribution in [0, 0.1) is 13.8 Å². The molecule has 1 rings (SSSR count). The van der Waals surface area contributed by atoms with Gasteiger partial charge in [-0.1, -0.05) is 13.0 Å². The van der Waals surface area contributed by atoms with Gasteiger partial charge in [-0.3, -0.25) is 0 Å². The molecule has 5 heteroatoms. The number of aryl methyl sites for hydroxylation is 2. The largest absolute Gasteiger partial charge is 0.492 e. The van der Waals surface area contributed by atoms with Gasteiger partial charge in [-0.15, -0.1) is 0 Å². The number of sulfonamides is 1. The smallest absolute Gasteiger partial charge is 0.211 e. The van der Waals surface area contributed by atoms with Crippen molar-refractivity contribution in [1.29, 1.82) is 0 Å². The third kappa shape index (κ3) is 5.51. The van der Waals surface area contributed by atoms with E-state index in [9.17, 15) is 8.42 Å². The van der Waals surface area contributed by atoms with Crippen molar-refractivity contribution in [3.05, 3.63) is 29.3 Å². The van der Waals surface area contributed by atoms with Gasteiger partial charge in [0.25, 0.3) is 0 Å². The topological polar surface area (TPSA) is 55.4 Å². The number of benzene rings is 1. The Morgan fingerprint density at radius 2 is 1.78 bits per heavy atom. The third-order valence-corrected chi connectivity index (χ3v) is 3.95. The van der Waals surface area contributed by atoms with Gasteiger partial charge in [0.05, 0.1) is 5.75 Å². The molecule has 0 aliphatic carbocycles. The normalized spacial score (nSPS) is 11.5. The van der Waals surface area contributed by atoms with Crippen molar-refractivity contribution in [2.24, 2.45) is 0 Å². The summed E-state index contributed by atoms with van der Waals surface area (Å²) in [5.41, 5.74) is 2.27. The first-order valence-electron chi connectivity index (χ1n) is 6.11. The lowest BCUT2D eigenvalue weighted by Crippen LogP contribution is -2.30. The molecule has 0 amide bonds. The molecule has 1 N–H and O–H groups in total. The summed E-state index contributed by atoms with van der Waals surface area (Å²) in [5, 5.41) is 0. The van der Waals surface area contributed by atoms with Crippen LogP contribution in [0.2, 0.25) is 0 Å². The molecule has 0 radical (unpaired) electrons. The summed E-state index contributed by atoms with van der Waals surface area (Å²) in [6, 6.07) is 5.94. The third-order valence-electron chi connectivity index (χ3n) is 2.36. The average Bonchev–Trinajstić information content (AvgIpc) is 2.23. The standard InChI is InChI=1S/C13H21NO3S/c1-4-7-18(15,16)14-5-6-17-13-9-11(2)8-12(3)10-13/h8-10,14H,4-7H2,1-3H3. The molecule has 18 heavy (non-hydrogen) atoms. The molecule has 0 bridgehead atoms. The molecule has 4 nitrogen and oxygen atoms in total. The van der Waals surface area contributed by atoms with E-state index in [0.717, 1.165) is 16.9 Å². The summed E-state index contributed by atoms with van der Waals surface area (Å²) in [6.45, 7) is 6.49. The van der Waals surface area contributed by atoms with Gasteiger partial charge in [0.15, 0.2) is 0 Å². The lowest BCUT2D eigenvalue weighted by Gasteiger charge is -2.09. The van der Waals surface area contributed by atoms with Gasteiger partial charge >= 0.3 is 0 Å². The molecule has 0 atom stereocenters. The van der Waals surface area contributed by atoms with E-state index in [1.165, 1.54) is 0 Å². The highest BCUT2D eigenvalue weighted by atomic mass is 32.2. The predicted molar refractivity (Wildman–Crippen MR) is 73.5 cm³/mol. The Hall–Kier alpha value is -1.07. The maximum absolute atomic E-state index is 11.4. The van der Waals surface area contributed by atoms with Crippen LogP contribution in [0.1, 0.15) is 24.5 Å². The highest BCUT2D eigenvalue weighted by Gasteiger charge is 2.07. The number of hydrogen-bond donors (Lipinski definition) is 1. The average molecular weight is 271 g/mol. The first kappa shape index (κ1) is 15.0. The van der Waals surface area contributed by atoms with Gasteiger partial charge in [0.2, 0.25) is 10.0 Å². The second-order valence-electron chi connectivity index (χ2n) is 4.39. The molecule has 0 saturated heterocycles. The Balaban J connectivity index is 2.38. The van der Waals surface area contributed by atoms with Crippen molar-refractivity contribution in [2.45, 2.75) is 27.2 Å². The maximum Gasteiger partial charge on any atom is 0.211 e.